The van der Waals surface area contributed by atoms with Crippen LogP contribution in [0, 0.1) is 0 Å². The van der Waals surface area contributed by atoms with Crippen LogP contribution in [0.3, 0.4) is 0 Å². The Labute approximate surface area is 201 Å². The van der Waals surface area contributed by atoms with Crippen LogP contribution in [0.25, 0.3) is 20.8 Å². The minimum absolute atomic E-state index is 0.0538. The average molecular weight is 485 g/mol. The summed E-state index contributed by atoms with van der Waals surface area (Å²) in [5.41, 5.74) is 3.27. The van der Waals surface area contributed by atoms with Crippen molar-refractivity contribution in [1.82, 2.24) is 4.98 Å². The largest absolute Gasteiger partial charge is 0.484 e. The van der Waals surface area contributed by atoms with Gasteiger partial charge in [-0.3, -0.25) is 4.79 Å². The van der Waals surface area contributed by atoms with Crippen molar-refractivity contribution in [3.05, 3.63) is 76.3 Å². The summed E-state index contributed by atoms with van der Waals surface area (Å²) in [6.07, 6.45) is 0. The SMILES string of the molecule is CC(C)(C)c1ccc(OCC(=O)Nc2c(Cl)cc(Cl)cc2-c2nc3ccccc3s2)cc1. The Bertz CT molecular complexity index is 1240. The first-order chi connectivity index (χ1) is 15.2. The predicted octanol–water partition coefficient (Wildman–Crippen LogP) is 7.59. The van der Waals surface area contributed by atoms with Gasteiger partial charge in [0.2, 0.25) is 0 Å². The van der Waals surface area contributed by atoms with E-state index >= 15 is 0 Å². The lowest BCUT2D eigenvalue weighted by Crippen LogP contribution is -2.21. The number of halogens is 2. The van der Waals surface area contributed by atoms with E-state index in [0.29, 0.717) is 27.0 Å². The van der Waals surface area contributed by atoms with Gasteiger partial charge in [0, 0.05) is 10.6 Å². The first-order valence-corrected chi connectivity index (χ1v) is 11.7. The number of fused-ring (bicyclic) bond motifs is 1. The van der Waals surface area contributed by atoms with Crippen molar-refractivity contribution < 1.29 is 9.53 Å². The monoisotopic (exact) mass is 484 g/mol. The van der Waals surface area contributed by atoms with E-state index in [1.807, 2.05) is 48.5 Å². The molecule has 1 N–H and O–H groups in total. The van der Waals surface area contributed by atoms with E-state index in [2.05, 4.69) is 31.1 Å². The minimum Gasteiger partial charge on any atom is -0.484 e. The van der Waals surface area contributed by atoms with Crippen LogP contribution < -0.4 is 10.1 Å². The second-order valence-electron chi connectivity index (χ2n) is 8.41. The molecule has 0 unspecified atom stereocenters. The van der Waals surface area contributed by atoms with E-state index in [4.69, 9.17) is 27.9 Å². The number of benzene rings is 3. The van der Waals surface area contributed by atoms with Crippen LogP contribution in [0.1, 0.15) is 26.3 Å². The van der Waals surface area contributed by atoms with Crippen molar-refractivity contribution in [1.29, 1.82) is 0 Å². The summed E-state index contributed by atoms with van der Waals surface area (Å²) in [5.74, 6) is 0.304. The highest BCUT2D eigenvalue weighted by molar-refractivity contribution is 7.21. The fraction of sp³-hybridized carbons (Fsp3) is 0.200. The first-order valence-electron chi connectivity index (χ1n) is 10.1. The normalized spacial score (nSPS) is 11.5. The second-order valence-corrected chi connectivity index (χ2v) is 10.3. The van der Waals surface area contributed by atoms with Crippen LogP contribution in [0.4, 0.5) is 5.69 Å². The van der Waals surface area contributed by atoms with Crippen LogP contribution in [0.5, 0.6) is 5.75 Å². The van der Waals surface area contributed by atoms with Gasteiger partial charge >= 0.3 is 0 Å². The third kappa shape index (κ3) is 5.07. The van der Waals surface area contributed by atoms with Gasteiger partial charge in [-0.1, -0.05) is 68.2 Å². The molecular formula is C25H22Cl2N2O2S. The zero-order valence-corrected chi connectivity index (χ0v) is 20.2. The lowest BCUT2D eigenvalue weighted by atomic mass is 9.87. The highest BCUT2D eigenvalue weighted by Crippen LogP contribution is 2.40. The van der Waals surface area contributed by atoms with Crippen molar-refractivity contribution in [3.8, 4) is 16.3 Å². The molecule has 0 saturated heterocycles. The van der Waals surface area contributed by atoms with Gasteiger partial charge in [0.05, 0.1) is 20.9 Å². The number of para-hydroxylation sites is 1. The Morgan fingerprint density at radius 1 is 1.06 bits per heavy atom. The zero-order chi connectivity index (χ0) is 22.9. The number of anilines is 1. The number of rotatable bonds is 5. The number of nitrogens with one attached hydrogen (secondary N) is 1. The molecule has 0 aliphatic heterocycles. The molecule has 164 valence electrons. The number of ether oxygens (including phenoxy) is 1. The van der Waals surface area contributed by atoms with E-state index < -0.39 is 0 Å². The third-order valence-electron chi connectivity index (χ3n) is 4.93. The number of carbonyl (C=O) groups is 1. The Morgan fingerprint density at radius 3 is 2.47 bits per heavy atom. The molecule has 1 heterocycles. The van der Waals surface area contributed by atoms with E-state index in [1.165, 1.54) is 16.9 Å². The number of thiazole rings is 1. The molecule has 0 fully saturated rings. The summed E-state index contributed by atoms with van der Waals surface area (Å²) in [6, 6.07) is 19.0. The molecule has 0 bridgehead atoms. The van der Waals surface area contributed by atoms with Gasteiger partial charge in [0.25, 0.3) is 5.91 Å². The number of carbonyl (C=O) groups excluding carboxylic acids is 1. The summed E-state index contributed by atoms with van der Waals surface area (Å²) in [4.78, 5) is 17.3. The fourth-order valence-corrected chi connectivity index (χ4v) is 4.76. The Kier molecular flexibility index (Phi) is 6.42. The molecule has 0 atom stereocenters. The quantitative estimate of drug-likeness (QED) is 0.317. The molecule has 0 spiro atoms. The number of nitrogens with zero attached hydrogens (tertiary/aromatic N) is 1. The molecule has 4 aromatic rings. The lowest BCUT2D eigenvalue weighted by Gasteiger charge is -2.19. The molecule has 0 aliphatic rings. The van der Waals surface area contributed by atoms with Crippen LogP contribution in [0.2, 0.25) is 10.0 Å². The highest BCUT2D eigenvalue weighted by atomic mass is 35.5. The Balaban J connectivity index is 1.53. The lowest BCUT2D eigenvalue weighted by molar-refractivity contribution is -0.118. The van der Waals surface area contributed by atoms with Gasteiger partial charge in [0.1, 0.15) is 10.8 Å². The van der Waals surface area contributed by atoms with Crippen molar-refractivity contribution in [2.24, 2.45) is 0 Å². The maximum atomic E-state index is 12.7. The standard InChI is InChI=1S/C25H22Cl2N2O2S/c1-25(2,3)15-8-10-17(11-9-15)31-14-22(30)29-23-18(12-16(26)13-19(23)27)24-28-20-6-4-5-7-21(20)32-24/h4-13H,14H2,1-3H3,(H,29,30). The van der Waals surface area contributed by atoms with E-state index in [1.54, 1.807) is 12.1 Å². The van der Waals surface area contributed by atoms with E-state index in [-0.39, 0.29) is 17.9 Å². The van der Waals surface area contributed by atoms with Gasteiger partial charge in [-0.15, -0.1) is 11.3 Å². The molecule has 1 aromatic heterocycles. The topological polar surface area (TPSA) is 51.2 Å². The van der Waals surface area contributed by atoms with Gasteiger partial charge in [-0.2, -0.15) is 0 Å². The second kappa shape index (κ2) is 9.10. The van der Waals surface area contributed by atoms with Crippen molar-refractivity contribution in [3.63, 3.8) is 0 Å². The predicted molar refractivity (Wildman–Crippen MR) is 134 cm³/mol. The van der Waals surface area contributed by atoms with Gasteiger partial charge in [0.15, 0.2) is 6.61 Å². The fourth-order valence-electron chi connectivity index (χ4n) is 3.23. The first kappa shape index (κ1) is 22.6. The van der Waals surface area contributed by atoms with Crippen molar-refractivity contribution in [2.75, 3.05) is 11.9 Å². The van der Waals surface area contributed by atoms with Crippen LogP contribution in [-0.4, -0.2) is 17.5 Å². The van der Waals surface area contributed by atoms with E-state index in [9.17, 15) is 4.79 Å². The number of hydrogen-bond acceptors (Lipinski definition) is 4. The average Bonchev–Trinajstić information content (AvgIpc) is 3.18. The van der Waals surface area contributed by atoms with E-state index in [0.717, 1.165) is 15.2 Å². The van der Waals surface area contributed by atoms with Crippen LogP contribution in [0.15, 0.2) is 60.7 Å². The molecule has 3 aromatic carbocycles. The summed E-state index contributed by atoms with van der Waals surface area (Å²) in [6.45, 7) is 6.30. The highest BCUT2D eigenvalue weighted by Gasteiger charge is 2.18. The van der Waals surface area contributed by atoms with Crippen molar-refractivity contribution in [2.45, 2.75) is 26.2 Å². The molecule has 0 radical (unpaired) electrons. The van der Waals surface area contributed by atoms with Crippen molar-refractivity contribution >= 4 is 56.3 Å². The number of amides is 1. The summed E-state index contributed by atoms with van der Waals surface area (Å²) < 4.78 is 6.71. The molecule has 0 saturated carbocycles. The molecule has 4 rings (SSSR count). The summed E-state index contributed by atoms with van der Waals surface area (Å²) in [5, 5.41) is 4.41. The molecule has 7 heteroatoms. The smallest absolute Gasteiger partial charge is 0.262 e. The van der Waals surface area contributed by atoms with Gasteiger partial charge in [-0.25, -0.2) is 4.98 Å². The Hall–Kier alpha value is -2.60. The molecule has 32 heavy (non-hydrogen) atoms. The molecule has 0 aliphatic carbocycles. The third-order valence-corrected chi connectivity index (χ3v) is 6.52. The zero-order valence-electron chi connectivity index (χ0n) is 17.9. The van der Waals surface area contributed by atoms with Crippen LogP contribution in [-0.2, 0) is 10.2 Å². The van der Waals surface area contributed by atoms with Gasteiger partial charge < -0.3 is 10.1 Å². The van der Waals surface area contributed by atoms with Crippen LogP contribution >= 0.6 is 34.5 Å². The summed E-state index contributed by atoms with van der Waals surface area (Å²) >= 11 is 14.2. The number of hydrogen-bond donors (Lipinski definition) is 1. The molecular weight excluding hydrogens is 463 g/mol. The maximum absolute atomic E-state index is 12.7. The molecule has 4 nitrogen and oxygen atoms in total. The minimum atomic E-state index is -0.323. The Morgan fingerprint density at radius 2 is 1.78 bits per heavy atom. The maximum Gasteiger partial charge on any atom is 0.262 e. The molecule has 1 amide bonds. The number of aromatic nitrogens is 1. The summed E-state index contributed by atoms with van der Waals surface area (Å²) in [7, 11) is 0. The van der Waals surface area contributed by atoms with Gasteiger partial charge in [-0.05, 0) is 47.4 Å².